The number of aromatic nitrogens is 4. The van der Waals surface area contributed by atoms with Crippen LogP contribution in [-0.2, 0) is 32.8 Å². The van der Waals surface area contributed by atoms with Crippen molar-refractivity contribution in [3.8, 4) is 5.75 Å². The highest BCUT2D eigenvalue weighted by Gasteiger charge is 2.67. The van der Waals surface area contributed by atoms with Crippen molar-refractivity contribution in [2.45, 2.75) is 81.8 Å². The number of pyridine rings is 1. The van der Waals surface area contributed by atoms with Crippen molar-refractivity contribution in [3.05, 3.63) is 47.4 Å². The van der Waals surface area contributed by atoms with E-state index in [1.807, 2.05) is 49.1 Å². The molecule has 1 amide bonds. The second-order valence-corrected chi connectivity index (χ2v) is 11.8. The van der Waals surface area contributed by atoms with Crippen LogP contribution in [0.2, 0.25) is 0 Å². The maximum Gasteiger partial charge on any atom is 0.249 e. The molecule has 0 spiro atoms. The Balaban J connectivity index is 1.05. The van der Waals surface area contributed by atoms with Gasteiger partial charge in [0.15, 0.2) is 0 Å². The molecular weight excluding hydrogens is 508 g/mol. The second kappa shape index (κ2) is 8.66. The summed E-state index contributed by atoms with van der Waals surface area (Å²) in [6.07, 6.45) is 4.67. The predicted octanol–water partition coefficient (Wildman–Crippen LogP) is 3.85. The summed E-state index contributed by atoms with van der Waals surface area (Å²) in [5.41, 5.74) is 3.25. The maximum absolute atomic E-state index is 13.2. The number of carbonyl (C=O) groups excluding carboxylic acids is 1. The summed E-state index contributed by atoms with van der Waals surface area (Å²) >= 11 is 0. The van der Waals surface area contributed by atoms with E-state index in [1.54, 1.807) is 0 Å². The van der Waals surface area contributed by atoms with Crippen molar-refractivity contribution in [2.75, 3.05) is 13.2 Å². The minimum atomic E-state index is -2.73. The fourth-order valence-corrected chi connectivity index (χ4v) is 6.80. The number of ether oxygens (including phenoxy) is 3. The highest BCUT2D eigenvalue weighted by Crippen LogP contribution is 2.59. The van der Waals surface area contributed by atoms with Crippen LogP contribution in [0, 0.1) is 5.92 Å². The first-order valence-corrected chi connectivity index (χ1v) is 13.5. The number of hydrogen-bond acceptors (Lipinski definition) is 7. The van der Waals surface area contributed by atoms with Crippen molar-refractivity contribution in [3.63, 3.8) is 0 Å². The van der Waals surface area contributed by atoms with Crippen molar-refractivity contribution >= 4 is 16.8 Å². The molecule has 2 saturated carbocycles. The molecule has 39 heavy (non-hydrogen) atoms. The largest absolute Gasteiger partial charge is 0.484 e. The summed E-state index contributed by atoms with van der Waals surface area (Å²) in [4.78, 5) is 16.9. The van der Waals surface area contributed by atoms with Crippen molar-refractivity contribution in [1.29, 1.82) is 0 Å². The SMILES string of the molecule is C[C@@H](Oc1ccc2ncc3c(c2c1)CCOC3)c1cn(C23CC(C)(C2)OC3CNC(=O)C2CC(F)(F)C2)nn1. The Labute approximate surface area is 224 Å². The number of nitrogens with one attached hydrogen (secondary N) is 1. The zero-order valence-electron chi connectivity index (χ0n) is 22.0. The van der Waals surface area contributed by atoms with Crippen LogP contribution in [0.5, 0.6) is 5.75 Å². The number of hydrogen-bond donors (Lipinski definition) is 1. The molecule has 1 aromatic carbocycles. The minimum absolute atomic E-state index is 0.248. The lowest BCUT2D eigenvalue weighted by molar-refractivity contribution is -0.150. The summed E-state index contributed by atoms with van der Waals surface area (Å²) in [6, 6.07) is 5.92. The number of halogens is 2. The van der Waals surface area contributed by atoms with E-state index >= 15 is 0 Å². The fraction of sp³-hybridized carbons (Fsp3) is 0.571. The van der Waals surface area contributed by atoms with Gasteiger partial charge in [-0.25, -0.2) is 13.5 Å². The molecular formula is C28H31F2N5O4. The molecule has 1 N–H and O–H groups in total. The number of benzene rings is 1. The second-order valence-electron chi connectivity index (χ2n) is 11.8. The van der Waals surface area contributed by atoms with Gasteiger partial charge in [-0.05, 0) is 49.6 Å². The molecule has 5 heterocycles. The van der Waals surface area contributed by atoms with E-state index < -0.39 is 17.4 Å². The minimum Gasteiger partial charge on any atom is -0.484 e. The Hall–Kier alpha value is -3.18. The summed E-state index contributed by atoms with van der Waals surface area (Å²) in [5.74, 6) is -2.97. The van der Waals surface area contributed by atoms with E-state index in [9.17, 15) is 13.6 Å². The highest BCUT2D eigenvalue weighted by atomic mass is 19.3. The number of amides is 1. The van der Waals surface area contributed by atoms with Gasteiger partial charge in [-0.2, -0.15) is 0 Å². The maximum atomic E-state index is 13.2. The molecule has 5 aliphatic rings. The van der Waals surface area contributed by atoms with Gasteiger partial charge in [-0.15, -0.1) is 5.10 Å². The molecule has 0 radical (unpaired) electrons. The van der Waals surface area contributed by atoms with Crippen LogP contribution in [0.4, 0.5) is 8.78 Å². The highest BCUT2D eigenvalue weighted by molar-refractivity contribution is 5.84. The van der Waals surface area contributed by atoms with E-state index in [-0.39, 0.29) is 43.1 Å². The first-order valence-electron chi connectivity index (χ1n) is 13.5. The van der Waals surface area contributed by atoms with E-state index in [4.69, 9.17) is 14.2 Å². The molecule has 2 saturated heterocycles. The quantitative estimate of drug-likeness (QED) is 0.487. The Morgan fingerprint density at radius 1 is 1.31 bits per heavy atom. The lowest BCUT2D eigenvalue weighted by atomic mass is 9.67. The van der Waals surface area contributed by atoms with Gasteiger partial charge in [-0.3, -0.25) is 9.78 Å². The van der Waals surface area contributed by atoms with E-state index in [1.165, 1.54) is 5.56 Å². The standard InChI is InChI=1S/C28H31F2N5O4/c1-16(38-19-3-4-22-21(7-19)20-5-6-37-13-18(20)10-31-22)23-12-35(34-33-23)27-14-26(2,15-27)39-24(27)11-32-25(36)17-8-28(29,30)9-17/h3-4,7,10,12,16-17,24H,5-6,8-9,11,13-15H2,1-2H3,(H,32,36)/t16-,24?,26?,27?/m1/s1. The molecule has 206 valence electrons. The topological polar surface area (TPSA) is 100 Å². The van der Waals surface area contributed by atoms with Crippen LogP contribution in [0.15, 0.2) is 30.6 Å². The third-order valence-electron chi connectivity index (χ3n) is 8.80. The van der Waals surface area contributed by atoms with Crippen LogP contribution in [0.25, 0.3) is 10.9 Å². The number of fused-ring (bicyclic) bond motifs is 4. The monoisotopic (exact) mass is 539 g/mol. The predicted molar refractivity (Wildman–Crippen MR) is 135 cm³/mol. The molecule has 1 unspecified atom stereocenters. The normalized spacial score (nSPS) is 29.8. The van der Waals surface area contributed by atoms with E-state index in [0.29, 0.717) is 18.9 Å². The molecule has 9 nitrogen and oxygen atoms in total. The molecule has 4 fully saturated rings. The first-order chi connectivity index (χ1) is 18.6. The van der Waals surface area contributed by atoms with Gasteiger partial charge in [0.1, 0.15) is 23.7 Å². The molecule has 3 aromatic rings. The van der Waals surface area contributed by atoms with Gasteiger partial charge >= 0.3 is 0 Å². The molecule has 2 bridgehead atoms. The lowest BCUT2D eigenvalue weighted by Crippen LogP contribution is -2.54. The average Bonchev–Trinajstić information content (AvgIpc) is 3.56. The summed E-state index contributed by atoms with van der Waals surface area (Å²) in [7, 11) is 0. The van der Waals surface area contributed by atoms with Crippen LogP contribution in [0.3, 0.4) is 0 Å². The molecule has 2 atom stereocenters. The molecule has 8 rings (SSSR count). The summed E-state index contributed by atoms with van der Waals surface area (Å²) < 4.78 is 46.3. The average molecular weight is 540 g/mol. The van der Waals surface area contributed by atoms with Crippen LogP contribution < -0.4 is 10.1 Å². The van der Waals surface area contributed by atoms with Crippen LogP contribution in [0.1, 0.15) is 62.5 Å². The van der Waals surface area contributed by atoms with Crippen molar-refractivity contribution < 1.29 is 27.8 Å². The zero-order chi connectivity index (χ0) is 27.0. The van der Waals surface area contributed by atoms with Gasteiger partial charge in [0.2, 0.25) is 11.8 Å². The number of carbonyl (C=O) groups is 1. The van der Waals surface area contributed by atoms with Crippen LogP contribution >= 0.6 is 0 Å². The lowest BCUT2D eigenvalue weighted by Gasteiger charge is -2.43. The zero-order valence-corrected chi connectivity index (χ0v) is 22.0. The van der Waals surface area contributed by atoms with Crippen molar-refractivity contribution in [1.82, 2.24) is 25.3 Å². The number of rotatable bonds is 7. The Morgan fingerprint density at radius 2 is 2.13 bits per heavy atom. The molecule has 3 aliphatic heterocycles. The summed E-state index contributed by atoms with van der Waals surface area (Å²) in [5, 5.41) is 12.8. The molecule has 11 heteroatoms. The fourth-order valence-electron chi connectivity index (χ4n) is 6.80. The first kappa shape index (κ1) is 24.8. The number of nitrogens with zero attached hydrogens (tertiary/aromatic N) is 4. The van der Waals surface area contributed by atoms with E-state index in [2.05, 4.69) is 20.6 Å². The van der Waals surface area contributed by atoms with E-state index in [0.717, 1.165) is 41.5 Å². The third-order valence-corrected chi connectivity index (χ3v) is 8.80. The Morgan fingerprint density at radius 3 is 2.92 bits per heavy atom. The third kappa shape index (κ3) is 4.17. The summed E-state index contributed by atoms with van der Waals surface area (Å²) in [6.45, 7) is 5.50. The Bertz CT molecular complexity index is 1440. The number of alkyl halides is 2. The van der Waals surface area contributed by atoms with Gasteiger partial charge in [0, 0.05) is 49.7 Å². The van der Waals surface area contributed by atoms with Gasteiger partial charge in [0.25, 0.3) is 0 Å². The molecule has 2 aliphatic carbocycles. The smallest absolute Gasteiger partial charge is 0.249 e. The van der Waals surface area contributed by atoms with Gasteiger partial charge in [0.05, 0.1) is 36.1 Å². The van der Waals surface area contributed by atoms with Gasteiger partial charge < -0.3 is 19.5 Å². The molecule has 2 aromatic heterocycles. The Kier molecular flexibility index (Phi) is 5.51. The van der Waals surface area contributed by atoms with Crippen molar-refractivity contribution in [2.24, 2.45) is 5.92 Å². The van der Waals surface area contributed by atoms with Crippen LogP contribution in [-0.4, -0.2) is 56.7 Å². The van der Waals surface area contributed by atoms with Gasteiger partial charge in [-0.1, -0.05) is 5.21 Å².